The van der Waals surface area contributed by atoms with Crippen molar-refractivity contribution in [3.8, 4) is 17.5 Å². The number of carbonyl (C=O) groups is 1. The summed E-state index contributed by atoms with van der Waals surface area (Å²) in [7, 11) is 0. The molecular weight excluding hydrogens is 527 g/mol. The van der Waals surface area contributed by atoms with Gasteiger partial charge in [0.05, 0.1) is 17.2 Å². The number of oxazole rings is 1. The van der Waals surface area contributed by atoms with Gasteiger partial charge in [0.15, 0.2) is 5.58 Å². The predicted molar refractivity (Wildman–Crippen MR) is 151 cm³/mol. The molecule has 210 valence electrons. The molecule has 3 aromatic carbocycles. The number of hydrogen-bond donors (Lipinski definition) is 1. The van der Waals surface area contributed by atoms with Crippen molar-refractivity contribution in [1.29, 1.82) is 5.26 Å². The number of hydrogen-bond acceptors (Lipinski definition) is 4. The number of halogens is 3. The minimum atomic E-state index is -4.32. The smallest absolute Gasteiger partial charge is 0.416 e. The fourth-order valence-electron chi connectivity index (χ4n) is 5.14. The van der Waals surface area contributed by atoms with Crippen LogP contribution < -0.4 is 5.32 Å². The summed E-state index contributed by atoms with van der Waals surface area (Å²) in [6.45, 7) is 4.63. The van der Waals surface area contributed by atoms with E-state index in [1.807, 2.05) is 19.9 Å². The molecule has 1 aliphatic rings. The van der Waals surface area contributed by atoms with Crippen LogP contribution >= 0.6 is 0 Å². The Balaban J connectivity index is 1.16. The lowest BCUT2D eigenvalue weighted by Crippen LogP contribution is -2.30. The van der Waals surface area contributed by atoms with Gasteiger partial charge in [-0.3, -0.25) is 4.79 Å². The van der Waals surface area contributed by atoms with Gasteiger partial charge in [-0.2, -0.15) is 18.4 Å². The van der Waals surface area contributed by atoms with Crippen molar-refractivity contribution in [2.24, 2.45) is 5.92 Å². The van der Waals surface area contributed by atoms with Crippen LogP contribution in [0.2, 0.25) is 0 Å². The lowest BCUT2D eigenvalue weighted by Gasteiger charge is -2.22. The van der Waals surface area contributed by atoms with Crippen LogP contribution in [0.4, 0.5) is 13.2 Å². The molecule has 5 nitrogen and oxygen atoms in total. The third-order valence-electron chi connectivity index (χ3n) is 7.54. The molecule has 1 aromatic heterocycles. The van der Waals surface area contributed by atoms with Gasteiger partial charge in [-0.15, -0.1) is 0 Å². The zero-order chi connectivity index (χ0) is 29.1. The second-order valence-electron chi connectivity index (χ2n) is 10.9. The van der Waals surface area contributed by atoms with E-state index in [-0.39, 0.29) is 11.8 Å². The van der Waals surface area contributed by atoms with E-state index in [1.165, 1.54) is 5.57 Å². The Labute approximate surface area is 236 Å². The maximum absolute atomic E-state index is 12.8. The molecule has 8 heteroatoms. The molecular formula is C33H30F3N3O2. The van der Waals surface area contributed by atoms with Gasteiger partial charge in [-0.05, 0) is 91.6 Å². The number of fused-ring (bicyclic) bond motifs is 1. The number of alkyl halides is 3. The summed E-state index contributed by atoms with van der Waals surface area (Å²) >= 11 is 0. The number of aromatic nitrogens is 1. The molecule has 5 rings (SSSR count). The van der Waals surface area contributed by atoms with Crippen molar-refractivity contribution in [3.63, 3.8) is 0 Å². The third kappa shape index (κ3) is 6.51. The predicted octanol–water partition coefficient (Wildman–Crippen LogP) is 8.21. The molecule has 0 radical (unpaired) electrons. The molecule has 1 aliphatic carbocycles. The molecule has 0 spiro atoms. The van der Waals surface area contributed by atoms with Crippen LogP contribution in [-0.4, -0.2) is 17.4 Å². The molecule has 1 N–H and O–H groups in total. The van der Waals surface area contributed by atoms with Crippen molar-refractivity contribution in [3.05, 3.63) is 100 Å². The zero-order valence-electron chi connectivity index (χ0n) is 22.9. The van der Waals surface area contributed by atoms with Gasteiger partial charge in [0.25, 0.3) is 5.91 Å². The van der Waals surface area contributed by atoms with E-state index in [2.05, 4.69) is 22.4 Å². The summed E-state index contributed by atoms with van der Waals surface area (Å²) in [5.41, 5.74) is 5.49. The fourth-order valence-corrected chi connectivity index (χ4v) is 5.14. The lowest BCUT2D eigenvalue weighted by atomic mass is 9.87. The second kappa shape index (κ2) is 11.6. The van der Waals surface area contributed by atoms with Gasteiger partial charge in [0.2, 0.25) is 5.89 Å². The van der Waals surface area contributed by atoms with E-state index in [4.69, 9.17) is 4.42 Å². The number of nitrogens with one attached hydrogen (secondary N) is 1. The van der Waals surface area contributed by atoms with Crippen LogP contribution in [0.1, 0.15) is 71.6 Å². The molecule has 0 bridgehead atoms. The highest BCUT2D eigenvalue weighted by Gasteiger charge is 2.30. The van der Waals surface area contributed by atoms with Gasteiger partial charge < -0.3 is 9.73 Å². The molecule has 0 saturated carbocycles. The maximum atomic E-state index is 12.8. The fraction of sp³-hybridized carbons (Fsp3) is 0.303. The first-order valence-corrected chi connectivity index (χ1v) is 13.7. The normalized spacial score (nSPS) is 15.5. The van der Waals surface area contributed by atoms with Crippen molar-refractivity contribution in [1.82, 2.24) is 10.3 Å². The van der Waals surface area contributed by atoms with Gasteiger partial charge >= 0.3 is 6.18 Å². The van der Waals surface area contributed by atoms with Crippen molar-refractivity contribution in [2.75, 3.05) is 6.54 Å². The Morgan fingerprint density at radius 3 is 2.46 bits per heavy atom. The maximum Gasteiger partial charge on any atom is 0.416 e. The van der Waals surface area contributed by atoms with Gasteiger partial charge in [-0.1, -0.05) is 37.6 Å². The van der Waals surface area contributed by atoms with Gasteiger partial charge in [0, 0.05) is 23.2 Å². The number of allylic oxidation sites excluding steroid dienone is 2. The highest BCUT2D eigenvalue weighted by molar-refractivity contribution is 5.94. The van der Waals surface area contributed by atoms with Gasteiger partial charge in [-0.25, -0.2) is 4.98 Å². The Hall–Kier alpha value is -4.38. The average Bonchev–Trinajstić information content (AvgIpc) is 3.40. The number of nitrogens with zero attached hydrogens (tertiary/aromatic N) is 2. The van der Waals surface area contributed by atoms with Crippen LogP contribution in [0.15, 0.2) is 76.7 Å². The van der Waals surface area contributed by atoms with Crippen LogP contribution in [0.3, 0.4) is 0 Å². The van der Waals surface area contributed by atoms with E-state index >= 15 is 0 Å². The van der Waals surface area contributed by atoms with Crippen LogP contribution in [0.5, 0.6) is 0 Å². The van der Waals surface area contributed by atoms with E-state index in [0.29, 0.717) is 47.0 Å². The third-order valence-corrected chi connectivity index (χ3v) is 7.54. The van der Waals surface area contributed by atoms with Crippen molar-refractivity contribution < 1.29 is 22.4 Å². The standard InChI is InChI=1S/C33H30F3N3O2/c1-20(2)28-16-24(18-37)17-29-30(28)41-32(39-29)26-11-9-25(10-12-26)31(40)38-19-23-5-3-21(4-6-23)15-22-7-13-27(14-8-22)33(34,35)36/h3,7-14,16-17,20,23H,4-6,15,19H2,1-2H3,(H,38,40). The van der Waals surface area contributed by atoms with E-state index in [1.54, 1.807) is 42.5 Å². The molecule has 4 aromatic rings. The second-order valence-corrected chi connectivity index (χ2v) is 10.9. The lowest BCUT2D eigenvalue weighted by molar-refractivity contribution is -0.137. The van der Waals surface area contributed by atoms with Crippen LogP contribution in [0.25, 0.3) is 22.6 Å². The number of benzene rings is 3. The molecule has 1 atom stereocenters. The van der Waals surface area contributed by atoms with E-state index in [9.17, 15) is 23.2 Å². The highest BCUT2D eigenvalue weighted by atomic mass is 19.4. The average molecular weight is 558 g/mol. The number of amides is 1. The van der Waals surface area contributed by atoms with Crippen LogP contribution in [0, 0.1) is 17.2 Å². The molecule has 1 amide bonds. The Morgan fingerprint density at radius 1 is 1.12 bits per heavy atom. The number of rotatable bonds is 7. The summed E-state index contributed by atoms with van der Waals surface area (Å²) in [4.78, 5) is 17.4. The number of carbonyl (C=O) groups excluding carboxylic acids is 1. The molecule has 0 fully saturated rings. The molecule has 0 saturated heterocycles. The van der Waals surface area contributed by atoms with Crippen molar-refractivity contribution in [2.45, 2.75) is 51.6 Å². The topological polar surface area (TPSA) is 78.9 Å². The zero-order valence-corrected chi connectivity index (χ0v) is 22.9. The summed E-state index contributed by atoms with van der Waals surface area (Å²) in [5, 5.41) is 12.4. The first-order valence-electron chi connectivity index (χ1n) is 13.7. The SMILES string of the molecule is CC(C)c1cc(C#N)cc2nc(-c3ccc(C(=O)NCC4CC=C(Cc5ccc(C(F)(F)F)cc5)CC4)cc3)oc12. The molecule has 41 heavy (non-hydrogen) atoms. The molecule has 0 aliphatic heterocycles. The Kier molecular flexibility index (Phi) is 7.98. The number of nitriles is 1. The quantitative estimate of drug-likeness (QED) is 0.232. The Bertz CT molecular complexity index is 1630. The summed E-state index contributed by atoms with van der Waals surface area (Å²) in [5.74, 6) is 0.755. The minimum Gasteiger partial charge on any atom is -0.436 e. The first-order chi connectivity index (χ1) is 19.6. The largest absolute Gasteiger partial charge is 0.436 e. The summed E-state index contributed by atoms with van der Waals surface area (Å²) in [6, 6.07) is 18.2. The van der Waals surface area contributed by atoms with Crippen LogP contribution in [-0.2, 0) is 12.6 Å². The highest BCUT2D eigenvalue weighted by Crippen LogP contribution is 2.32. The first kappa shape index (κ1) is 28.2. The minimum absolute atomic E-state index is 0.158. The van der Waals surface area contributed by atoms with Gasteiger partial charge in [0.1, 0.15) is 5.52 Å². The Morgan fingerprint density at radius 2 is 1.85 bits per heavy atom. The summed E-state index contributed by atoms with van der Waals surface area (Å²) < 4.78 is 44.4. The molecule has 1 heterocycles. The van der Waals surface area contributed by atoms with Crippen molar-refractivity contribution >= 4 is 17.0 Å². The molecule has 1 unspecified atom stereocenters. The monoisotopic (exact) mass is 557 g/mol. The van der Waals surface area contributed by atoms with E-state index in [0.717, 1.165) is 48.1 Å². The van der Waals surface area contributed by atoms with E-state index < -0.39 is 11.7 Å². The summed E-state index contributed by atoms with van der Waals surface area (Å²) in [6.07, 6.45) is 1.05.